The quantitative estimate of drug-likeness (QED) is 0.498. The summed E-state index contributed by atoms with van der Waals surface area (Å²) in [4.78, 5) is 17.8. The van der Waals surface area contributed by atoms with E-state index in [1.807, 2.05) is 41.3 Å². The van der Waals surface area contributed by atoms with Crippen molar-refractivity contribution in [2.45, 2.75) is 18.5 Å². The maximum Gasteiger partial charge on any atom is 0.335 e. The molecule has 0 unspecified atom stereocenters. The number of carboxylic acid groups (broad SMARTS) is 1. The van der Waals surface area contributed by atoms with E-state index in [0.29, 0.717) is 35.2 Å². The predicted molar refractivity (Wildman–Crippen MR) is 115 cm³/mol. The second-order valence-electron chi connectivity index (χ2n) is 6.99. The number of carbonyl (C=O) groups is 1. The van der Waals surface area contributed by atoms with E-state index in [4.69, 9.17) is 16.6 Å². The molecule has 0 bridgehead atoms. The number of nitrogens with one attached hydrogen (secondary N) is 1. The van der Waals surface area contributed by atoms with Crippen LogP contribution in [0.2, 0.25) is 0 Å². The summed E-state index contributed by atoms with van der Waals surface area (Å²) in [5.74, 6) is 0.277. The molecule has 0 saturated carbocycles. The van der Waals surface area contributed by atoms with Gasteiger partial charge in [-0.25, -0.2) is 4.79 Å². The van der Waals surface area contributed by atoms with E-state index in [1.165, 1.54) is 0 Å². The monoisotopic (exact) mass is 423 g/mol. The highest BCUT2D eigenvalue weighted by atomic mass is 32.1. The van der Waals surface area contributed by atoms with Gasteiger partial charge in [0, 0.05) is 24.9 Å². The Kier molecular flexibility index (Phi) is 5.78. The standard InChI is InChI=1S/C22H21N3O4S/c26-12-4-11-25-20(19(24-22(25)30)16-7-1-2-10-23-16)18-9-8-17(29-18)14-5-3-6-15(13-14)21(27)28/h1-3,5-10,13,19-20,26H,4,11-12H2,(H,24,30)(H,27,28)/t19-,20+/m1/s1. The lowest BCUT2D eigenvalue weighted by molar-refractivity contribution is 0.0697. The molecular weight excluding hydrogens is 402 g/mol. The number of aromatic nitrogens is 1. The first-order chi connectivity index (χ1) is 14.6. The van der Waals surface area contributed by atoms with Gasteiger partial charge in [0.1, 0.15) is 17.6 Å². The number of hydrogen-bond acceptors (Lipinski definition) is 5. The van der Waals surface area contributed by atoms with E-state index in [1.54, 1.807) is 24.4 Å². The number of aromatic carboxylic acids is 1. The van der Waals surface area contributed by atoms with Crippen LogP contribution in [0.1, 0.15) is 40.3 Å². The normalized spacial score (nSPS) is 18.4. The van der Waals surface area contributed by atoms with Crippen LogP contribution in [0.3, 0.4) is 0 Å². The number of rotatable bonds is 7. The fourth-order valence-electron chi connectivity index (χ4n) is 3.67. The second-order valence-corrected chi connectivity index (χ2v) is 7.37. The van der Waals surface area contributed by atoms with E-state index >= 15 is 0 Å². The molecule has 0 aliphatic carbocycles. The molecule has 1 aliphatic rings. The average Bonchev–Trinajstić information content (AvgIpc) is 3.37. The van der Waals surface area contributed by atoms with Crippen molar-refractivity contribution >= 4 is 23.3 Å². The second kappa shape index (κ2) is 8.64. The lowest BCUT2D eigenvalue weighted by atomic mass is 10.0. The fraction of sp³-hybridized carbons (Fsp3) is 0.227. The van der Waals surface area contributed by atoms with Gasteiger partial charge in [0.25, 0.3) is 0 Å². The van der Waals surface area contributed by atoms with Gasteiger partial charge >= 0.3 is 5.97 Å². The number of hydrogen-bond donors (Lipinski definition) is 3. The van der Waals surface area contributed by atoms with Crippen molar-refractivity contribution in [3.05, 3.63) is 77.8 Å². The van der Waals surface area contributed by atoms with Crippen LogP contribution in [-0.2, 0) is 0 Å². The fourth-order valence-corrected chi connectivity index (χ4v) is 4.00. The number of aliphatic hydroxyl groups excluding tert-OH is 1. The highest BCUT2D eigenvalue weighted by Crippen LogP contribution is 2.40. The third-order valence-electron chi connectivity index (χ3n) is 5.07. The third kappa shape index (κ3) is 3.92. The number of pyridine rings is 1. The van der Waals surface area contributed by atoms with E-state index in [0.717, 1.165) is 5.69 Å². The lowest BCUT2D eigenvalue weighted by Gasteiger charge is -2.25. The zero-order chi connectivity index (χ0) is 21.1. The minimum Gasteiger partial charge on any atom is -0.478 e. The number of benzene rings is 1. The molecule has 1 fully saturated rings. The summed E-state index contributed by atoms with van der Waals surface area (Å²) in [7, 11) is 0. The summed E-state index contributed by atoms with van der Waals surface area (Å²) in [5.41, 5.74) is 1.72. The van der Waals surface area contributed by atoms with Gasteiger partial charge < -0.3 is 24.8 Å². The molecular formula is C22H21N3O4S. The highest BCUT2D eigenvalue weighted by molar-refractivity contribution is 7.80. The van der Waals surface area contributed by atoms with Gasteiger partial charge in [-0.05, 0) is 55.0 Å². The zero-order valence-corrected chi connectivity index (χ0v) is 16.9. The SMILES string of the molecule is O=C(O)c1cccc(-c2ccc([C@H]3[C@@H](c4ccccn4)NC(=S)N3CCCO)o2)c1. The number of furan rings is 1. The van der Waals surface area contributed by atoms with Crippen LogP contribution in [0.4, 0.5) is 0 Å². The van der Waals surface area contributed by atoms with Crippen LogP contribution < -0.4 is 5.32 Å². The number of nitrogens with zero attached hydrogens (tertiary/aromatic N) is 2. The number of carboxylic acids is 1. The molecule has 1 aliphatic heterocycles. The molecule has 0 amide bonds. The van der Waals surface area contributed by atoms with Gasteiger partial charge in [-0.15, -0.1) is 0 Å². The Morgan fingerprint density at radius 2 is 2.07 bits per heavy atom. The Labute approximate surface area is 179 Å². The maximum atomic E-state index is 11.3. The summed E-state index contributed by atoms with van der Waals surface area (Å²) in [6.07, 6.45) is 2.31. The summed E-state index contributed by atoms with van der Waals surface area (Å²) in [6, 6.07) is 15.6. The molecule has 2 atom stereocenters. The molecule has 154 valence electrons. The smallest absolute Gasteiger partial charge is 0.335 e. The summed E-state index contributed by atoms with van der Waals surface area (Å²) >= 11 is 5.55. The summed E-state index contributed by atoms with van der Waals surface area (Å²) < 4.78 is 6.17. The molecule has 0 radical (unpaired) electrons. The van der Waals surface area contributed by atoms with Gasteiger partial charge in [-0.3, -0.25) is 4.98 Å². The Bertz CT molecular complexity index is 1050. The van der Waals surface area contributed by atoms with Crippen molar-refractivity contribution in [2.75, 3.05) is 13.2 Å². The van der Waals surface area contributed by atoms with Gasteiger partial charge in [0.2, 0.25) is 0 Å². The Balaban J connectivity index is 1.71. The van der Waals surface area contributed by atoms with Gasteiger partial charge in [-0.2, -0.15) is 0 Å². The van der Waals surface area contributed by atoms with Crippen LogP contribution >= 0.6 is 12.2 Å². The van der Waals surface area contributed by atoms with Crippen molar-refractivity contribution in [1.82, 2.24) is 15.2 Å². The topological polar surface area (TPSA) is 98.8 Å². The van der Waals surface area contributed by atoms with Crippen LogP contribution in [-0.4, -0.2) is 44.3 Å². The van der Waals surface area contributed by atoms with Crippen LogP contribution in [0, 0.1) is 0 Å². The predicted octanol–water partition coefficient (Wildman–Crippen LogP) is 3.39. The largest absolute Gasteiger partial charge is 0.478 e. The van der Waals surface area contributed by atoms with Crippen molar-refractivity contribution in [3.8, 4) is 11.3 Å². The van der Waals surface area contributed by atoms with Gasteiger partial charge in [0.05, 0.1) is 17.3 Å². The summed E-state index contributed by atoms with van der Waals surface area (Å²) in [5, 5.41) is 22.5. The van der Waals surface area contributed by atoms with E-state index in [2.05, 4.69) is 10.3 Å². The van der Waals surface area contributed by atoms with E-state index in [9.17, 15) is 15.0 Å². The molecule has 0 spiro atoms. The first kappa shape index (κ1) is 20.1. The van der Waals surface area contributed by atoms with Crippen molar-refractivity contribution < 1.29 is 19.4 Å². The molecule has 2 aromatic heterocycles. The van der Waals surface area contributed by atoms with Crippen LogP contribution in [0.5, 0.6) is 0 Å². The third-order valence-corrected chi connectivity index (χ3v) is 5.42. The highest BCUT2D eigenvalue weighted by Gasteiger charge is 2.41. The molecule has 7 nitrogen and oxygen atoms in total. The first-order valence-electron chi connectivity index (χ1n) is 9.61. The molecule has 1 aromatic carbocycles. The summed E-state index contributed by atoms with van der Waals surface area (Å²) in [6.45, 7) is 0.631. The number of aliphatic hydroxyl groups is 1. The molecule has 3 aromatic rings. The molecule has 3 heterocycles. The van der Waals surface area contributed by atoms with Crippen LogP contribution in [0.25, 0.3) is 11.3 Å². The van der Waals surface area contributed by atoms with E-state index in [-0.39, 0.29) is 24.3 Å². The van der Waals surface area contributed by atoms with Crippen molar-refractivity contribution in [1.29, 1.82) is 0 Å². The van der Waals surface area contributed by atoms with E-state index < -0.39 is 5.97 Å². The van der Waals surface area contributed by atoms with Crippen molar-refractivity contribution in [2.24, 2.45) is 0 Å². The molecule has 8 heteroatoms. The van der Waals surface area contributed by atoms with Crippen molar-refractivity contribution in [3.63, 3.8) is 0 Å². The maximum absolute atomic E-state index is 11.3. The Morgan fingerprint density at radius 1 is 1.20 bits per heavy atom. The molecule has 3 N–H and O–H groups in total. The van der Waals surface area contributed by atoms with Gasteiger partial charge in [-0.1, -0.05) is 18.2 Å². The van der Waals surface area contributed by atoms with Gasteiger partial charge in [0.15, 0.2) is 5.11 Å². The Hall–Kier alpha value is -3.23. The zero-order valence-electron chi connectivity index (χ0n) is 16.1. The molecule has 1 saturated heterocycles. The lowest BCUT2D eigenvalue weighted by Crippen LogP contribution is -2.30. The minimum absolute atomic E-state index is 0.0610. The molecule has 30 heavy (non-hydrogen) atoms. The minimum atomic E-state index is -0.987. The van der Waals surface area contributed by atoms with Crippen LogP contribution in [0.15, 0.2) is 65.2 Å². The first-order valence-corrected chi connectivity index (χ1v) is 10.0. The average molecular weight is 423 g/mol. The number of thiocarbonyl (C=S) groups is 1. The molecule has 4 rings (SSSR count). The Morgan fingerprint density at radius 3 is 2.80 bits per heavy atom.